The molecule has 248 valence electrons. The van der Waals surface area contributed by atoms with Gasteiger partial charge in [-0.25, -0.2) is 0 Å². The Balaban J connectivity index is 0.000000173. The average Bonchev–Trinajstić information content (AvgIpc) is 3.92. The van der Waals surface area contributed by atoms with Crippen LogP contribution in [0.3, 0.4) is 0 Å². The van der Waals surface area contributed by atoms with Crippen LogP contribution in [0.15, 0.2) is 110 Å². The van der Waals surface area contributed by atoms with Gasteiger partial charge < -0.3 is 9.30 Å². The lowest BCUT2D eigenvalue weighted by atomic mass is 10.2. The minimum atomic E-state index is -0.382. The number of H-pyrrole nitrogens is 2. The van der Waals surface area contributed by atoms with Gasteiger partial charge in [-0.2, -0.15) is 15.2 Å². The first-order chi connectivity index (χ1) is 24.5. The summed E-state index contributed by atoms with van der Waals surface area (Å²) in [6, 6.07) is 30.1. The monoisotopic (exact) mass is 666 g/mol. The number of amides is 2. The molecule has 0 saturated carbocycles. The molecule has 4 N–H and O–H groups in total. The summed E-state index contributed by atoms with van der Waals surface area (Å²) in [5.41, 5.74) is 3.31. The highest BCUT2D eigenvalue weighted by atomic mass is 16.5. The molecule has 15 heteroatoms. The van der Waals surface area contributed by atoms with Gasteiger partial charge in [0.05, 0.1) is 12.5 Å². The van der Waals surface area contributed by atoms with E-state index < -0.39 is 0 Å². The minimum absolute atomic E-state index is 0.135. The highest BCUT2D eigenvalue weighted by molar-refractivity contribution is 5.90. The molecule has 0 atom stereocenters. The molecule has 50 heavy (non-hydrogen) atoms. The van der Waals surface area contributed by atoms with Crippen LogP contribution in [0.2, 0.25) is 0 Å². The number of nitriles is 1. The third kappa shape index (κ3) is 8.77. The van der Waals surface area contributed by atoms with Crippen molar-refractivity contribution in [3.05, 3.63) is 115 Å². The number of aryl methyl sites for hydroxylation is 1. The summed E-state index contributed by atoms with van der Waals surface area (Å²) < 4.78 is 7.45. The Kier molecular flexibility index (Phi) is 10.5. The second-order valence-corrected chi connectivity index (χ2v) is 10.6. The highest BCUT2D eigenvalue weighted by Crippen LogP contribution is 2.17. The van der Waals surface area contributed by atoms with E-state index in [1.54, 1.807) is 48.8 Å². The largest absolute Gasteiger partial charge is 0.484 e. The minimum Gasteiger partial charge on any atom is -0.484 e. The van der Waals surface area contributed by atoms with E-state index in [0.29, 0.717) is 48.2 Å². The Morgan fingerprint density at radius 1 is 0.760 bits per heavy atom. The second kappa shape index (κ2) is 16.1. The number of nitrogens with one attached hydrogen (secondary N) is 4. The standard InChI is InChI=1S/C18H16N6O.C17H14N6O2/c25-16(9-12-24-11-8-13-5-1-2-7-15(13)24)20-18-21-17(22-23-18)14-6-3-4-10-19-14;18-9-8-12-4-6-13(7-5-12)25-11-15(24)20-17-21-16(22-23-17)14-3-1-2-10-19-14/h1-8,10-11H,9,12H2,(H2,20,21,22,23,25);1-7,10H,8,11H2,(H2,20,21,22,23,24). The number of fused-ring (bicyclic) bond motifs is 1. The zero-order valence-corrected chi connectivity index (χ0v) is 26.5. The summed E-state index contributed by atoms with van der Waals surface area (Å²) in [4.78, 5) is 40.8. The number of carbonyl (C=O) groups excluding carboxylic acids is 2. The zero-order valence-electron chi connectivity index (χ0n) is 26.5. The van der Waals surface area contributed by atoms with Crippen LogP contribution in [0.25, 0.3) is 33.9 Å². The molecule has 0 fully saturated rings. The van der Waals surface area contributed by atoms with Gasteiger partial charge >= 0.3 is 0 Å². The van der Waals surface area contributed by atoms with E-state index in [4.69, 9.17) is 10.00 Å². The van der Waals surface area contributed by atoms with E-state index in [2.05, 4.69) is 67.7 Å². The smallest absolute Gasteiger partial charge is 0.264 e. The molecule has 0 spiro atoms. The van der Waals surface area contributed by atoms with Crippen LogP contribution in [-0.2, 0) is 22.6 Å². The number of hydrogen-bond donors (Lipinski definition) is 4. The van der Waals surface area contributed by atoms with Gasteiger partial charge in [0.15, 0.2) is 18.3 Å². The molecule has 7 aromatic rings. The van der Waals surface area contributed by atoms with Crippen molar-refractivity contribution < 1.29 is 14.3 Å². The first kappa shape index (κ1) is 32.7. The Morgan fingerprint density at radius 3 is 2.00 bits per heavy atom. The SMILES string of the molecule is N#CCc1ccc(OCC(=O)Nc2n[nH]c(-c3ccccn3)n2)cc1.O=C(CCn1ccc2ccccc21)Nc1n[nH]c(-c2ccccn2)n1. The molecular weight excluding hydrogens is 636 g/mol. The van der Waals surface area contributed by atoms with E-state index in [0.717, 1.165) is 16.5 Å². The van der Waals surface area contributed by atoms with Gasteiger partial charge in [0.2, 0.25) is 17.8 Å². The third-order valence-corrected chi connectivity index (χ3v) is 7.12. The van der Waals surface area contributed by atoms with E-state index in [1.807, 2.05) is 54.7 Å². The number of rotatable bonds is 11. The van der Waals surface area contributed by atoms with E-state index in [1.165, 1.54) is 0 Å². The number of para-hydroxylation sites is 1. The molecule has 0 unspecified atom stereocenters. The van der Waals surface area contributed by atoms with Crippen molar-refractivity contribution >= 4 is 34.6 Å². The van der Waals surface area contributed by atoms with Gasteiger partial charge in [0, 0.05) is 37.1 Å². The molecule has 2 amide bonds. The number of anilines is 2. The molecule has 0 aliphatic heterocycles. The molecular formula is C35H30N12O3. The number of aromatic nitrogens is 9. The summed E-state index contributed by atoms with van der Waals surface area (Å²) in [7, 11) is 0. The Bertz CT molecular complexity index is 2200. The zero-order chi connectivity index (χ0) is 34.5. The lowest BCUT2D eigenvalue weighted by Crippen LogP contribution is -2.20. The number of pyridine rings is 2. The number of nitrogens with zero attached hydrogens (tertiary/aromatic N) is 8. The van der Waals surface area contributed by atoms with Crippen LogP contribution in [0.1, 0.15) is 12.0 Å². The predicted octanol–water partition coefficient (Wildman–Crippen LogP) is 4.80. The van der Waals surface area contributed by atoms with E-state index >= 15 is 0 Å². The fraction of sp³-hybridized carbons (Fsp3) is 0.114. The van der Waals surface area contributed by atoms with Crippen LogP contribution in [0.4, 0.5) is 11.9 Å². The molecule has 0 bridgehead atoms. The quantitative estimate of drug-likeness (QED) is 0.148. The Morgan fingerprint density at radius 2 is 1.38 bits per heavy atom. The van der Waals surface area contributed by atoms with E-state index in [-0.39, 0.29) is 30.3 Å². The van der Waals surface area contributed by atoms with Crippen LogP contribution in [-0.4, -0.2) is 63.3 Å². The average molecular weight is 667 g/mol. The molecule has 0 aliphatic rings. The highest BCUT2D eigenvalue weighted by Gasteiger charge is 2.12. The van der Waals surface area contributed by atoms with Crippen molar-refractivity contribution in [2.45, 2.75) is 19.4 Å². The Hall–Kier alpha value is -7.21. The topological polar surface area (TPSA) is 205 Å². The van der Waals surface area contributed by atoms with Crippen molar-refractivity contribution in [1.82, 2.24) is 44.9 Å². The second-order valence-electron chi connectivity index (χ2n) is 10.6. The fourth-order valence-electron chi connectivity index (χ4n) is 4.72. The van der Waals surface area contributed by atoms with Gasteiger partial charge in [0.25, 0.3) is 5.91 Å². The fourth-order valence-corrected chi connectivity index (χ4v) is 4.72. The van der Waals surface area contributed by atoms with Crippen LogP contribution in [0.5, 0.6) is 5.75 Å². The molecule has 7 rings (SSSR count). The van der Waals surface area contributed by atoms with Crippen molar-refractivity contribution in [2.24, 2.45) is 0 Å². The van der Waals surface area contributed by atoms with Gasteiger partial charge in [-0.15, -0.1) is 10.2 Å². The van der Waals surface area contributed by atoms with Gasteiger partial charge in [-0.05, 0) is 59.5 Å². The molecule has 5 heterocycles. The van der Waals surface area contributed by atoms with Crippen LogP contribution >= 0.6 is 0 Å². The summed E-state index contributed by atoms with van der Waals surface area (Å²) in [5, 5.41) is 28.5. The van der Waals surface area contributed by atoms with Crippen molar-refractivity contribution in [2.75, 3.05) is 17.2 Å². The van der Waals surface area contributed by atoms with Gasteiger partial charge in [0.1, 0.15) is 17.1 Å². The maximum Gasteiger partial charge on any atom is 0.264 e. The van der Waals surface area contributed by atoms with Crippen molar-refractivity contribution in [1.29, 1.82) is 5.26 Å². The van der Waals surface area contributed by atoms with E-state index in [9.17, 15) is 9.59 Å². The number of hydrogen-bond acceptors (Lipinski definition) is 10. The maximum atomic E-state index is 12.2. The van der Waals surface area contributed by atoms with Crippen molar-refractivity contribution in [3.8, 4) is 34.9 Å². The molecule has 0 saturated heterocycles. The summed E-state index contributed by atoms with van der Waals surface area (Å²) in [6.45, 7) is 0.419. The third-order valence-electron chi connectivity index (χ3n) is 7.12. The first-order valence-electron chi connectivity index (χ1n) is 15.4. The number of aromatic amines is 2. The van der Waals surface area contributed by atoms with Crippen LogP contribution < -0.4 is 15.4 Å². The molecule has 2 aromatic carbocycles. The molecule has 0 aliphatic carbocycles. The lowest BCUT2D eigenvalue weighted by molar-refractivity contribution is -0.118. The Labute approximate surface area is 285 Å². The maximum absolute atomic E-state index is 12.2. The predicted molar refractivity (Wildman–Crippen MR) is 184 cm³/mol. The number of benzene rings is 2. The normalized spacial score (nSPS) is 10.5. The van der Waals surface area contributed by atoms with Crippen molar-refractivity contribution in [3.63, 3.8) is 0 Å². The lowest BCUT2D eigenvalue weighted by Gasteiger charge is -2.05. The van der Waals surface area contributed by atoms with Gasteiger partial charge in [-0.1, -0.05) is 42.5 Å². The molecule has 5 aromatic heterocycles. The van der Waals surface area contributed by atoms with Gasteiger partial charge in [-0.3, -0.25) is 40.4 Å². The summed E-state index contributed by atoms with van der Waals surface area (Å²) in [6.07, 6.45) is 5.99. The first-order valence-corrected chi connectivity index (χ1v) is 15.4. The number of ether oxygens (including phenoxy) is 1. The summed E-state index contributed by atoms with van der Waals surface area (Å²) >= 11 is 0. The van der Waals surface area contributed by atoms with Crippen LogP contribution in [0, 0.1) is 11.3 Å². The number of carbonyl (C=O) groups is 2. The molecule has 0 radical (unpaired) electrons. The summed E-state index contributed by atoms with van der Waals surface area (Å²) in [5.74, 6) is 1.41. The molecule has 15 nitrogen and oxygen atoms in total.